The molecule has 2 aliphatic rings. The molecule has 1 N–H and O–H groups in total. The summed E-state index contributed by atoms with van der Waals surface area (Å²) in [6.07, 6.45) is 11.3. The first-order chi connectivity index (χ1) is 11.7. The maximum absolute atomic E-state index is 12.1. The predicted molar refractivity (Wildman–Crippen MR) is 98.5 cm³/mol. The lowest BCUT2D eigenvalue weighted by molar-refractivity contribution is -0.119. The largest absolute Gasteiger partial charge is 0.474 e. The molecule has 0 aliphatic heterocycles. The van der Waals surface area contributed by atoms with Crippen molar-refractivity contribution in [3.63, 3.8) is 0 Å². The van der Waals surface area contributed by atoms with Gasteiger partial charge < -0.3 is 10.1 Å². The van der Waals surface area contributed by atoms with Crippen LogP contribution in [0.5, 0.6) is 5.88 Å². The number of aromatic nitrogens is 1. The number of ether oxygens (including phenoxy) is 1. The zero-order valence-electron chi connectivity index (χ0n) is 14.5. The van der Waals surface area contributed by atoms with E-state index in [0.717, 1.165) is 31.2 Å². The van der Waals surface area contributed by atoms with E-state index >= 15 is 0 Å². The molecule has 2 fully saturated rings. The molecule has 2 saturated carbocycles. The maximum atomic E-state index is 12.1. The summed E-state index contributed by atoms with van der Waals surface area (Å²) in [7, 11) is 0. The molecule has 3 rings (SSSR count). The average Bonchev–Trinajstić information content (AvgIpc) is 3.10. The number of nitrogens with zero attached hydrogens (tertiary/aromatic N) is 1. The van der Waals surface area contributed by atoms with Crippen LogP contribution in [0.3, 0.4) is 0 Å². The van der Waals surface area contributed by atoms with E-state index in [0.29, 0.717) is 22.9 Å². The molecule has 1 aromatic rings. The first kappa shape index (κ1) is 17.6. The highest BCUT2D eigenvalue weighted by molar-refractivity contribution is 8.00. The average molecular weight is 349 g/mol. The number of pyridine rings is 1. The van der Waals surface area contributed by atoms with E-state index in [1.807, 2.05) is 37.0 Å². The van der Waals surface area contributed by atoms with Gasteiger partial charge in [0, 0.05) is 23.6 Å². The Labute approximate surface area is 149 Å². The van der Waals surface area contributed by atoms with Gasteiger partial charge in [0.2, 0.25) is 11.8 Å². The second-order valence-corrected chi connectivity index (χ2v) is 8.34. The summed E-state index contributed by atoms with van der Waals surface area (Å²) in [5.41, 5.74) is 1.14. The topological polar surface area (TPSA) is 51.2 Å². The standard InChI is InChI=1S/C19H28N2O2S/c1-14-6-11-19(20-12-14)23-16-9-7-15(8-10-16)21-18(22)13-24-17-4-2-3-5-17/h6,11-12,15-17H,2-5,7-10,13H2,1H3,(H,21,22). The maximum Gasteiger partial charge on any atom is 0.230 e. The monoisotopic (exact) mass is 348 g/mol. The Kier molecular flexibility index (Phi) is 6.41. The fourth-order valence-corrected chi connectivity index (χ4v) is 4.67. The van der Waals surface area contributed by atoms with Gasteiger partial charge in [0.1, 0.15) is 6.10 Å². The summed E-state index contributed by atoms with van der Waals surface area (Å²) in [6.45, 7) is 2.02. The minimum absolute atomic E-state index is 0.205. The summed E-state index contributed by atoms with van der Waals surface area (Å²) in [4.78, 5) is 16.4. The lowest BCUT2D eigenvalue weighted by Gasteiger charge is -2.29. The third-order valence-electron chi connectivity index (χ3n) is 4.96. The van der Waals surface area contributed by atoms with Gasteiger partial charge in [-0.2, -0.15) is 0 Å². The molecule has 0 radical (unpaired) electrons. The van der Waals surface area contributed by atoms with Crippen LogP contribution < -0.4 is 10.1 Å². The Morgan fingerprint density at radius 3 is 2.62 bits per heavy atom. The van der Waals surface area contributed by atoms with Crippen LogP contribution in [0.2, 0.25) is 0 Å². The van der Waals surface area contributed by atoms with E-state index in [9.17, 15) is 4.79 Å². The summed E-state index contributed by atoms with van der Waals surface area (Å²) < 4.78 is 5.95. The summed E-state index contributed by atoms with van der Waals surface area (Å²) in [5, 5.41) is 3.91. The van der Waals surface area contributed by atoms with Gasteiger partial charge in [-0.3, -0.25) is 4.79 Å². The fraction of sp³-hybridized carbons (Fsp3) is 0.684. The number of hydrogen-bond acceptors (Lipinski definition) is 4. The molecular weight excluding hydrogens is 320 g/mol. The minimum atomic E-state index is 0.205. The molecule has 1 aromatic heterocycles. The number of thioether (sulfide) groups is 1. The molecule has 2 aliphatic carbocycles. The molecule has 24 heavy (non-hydrogen) atoms. The molecule has 0 atom stereocenters. The predicted octanol–water partition coefficient (Wildman–Crippen LogP) is 3.87. The minimum Gasteiger partial charge on any atom is -0.474 e. The normalized spacial score (nSPS) is 24.7. The Morgan fingerprint density at radius 2 is 1.96 bits per heavy atom. The Hall–Kier alpha value is -1.23. The quantitative estimate of drug-likeness (QED) is 0.848. The molecule has 0 spiro atoms. The van der Waals surface area contributed by atoms with Crippen molar-refractivity contribution in [1.82, 2.24) is 10.3 Å². The molecular formula is C19H28N2O2S. The van der Waals surface area contributed by atoms with Crippen molar-refractivity contribution in [1.29, 1.82) is 0 Å². The van der Waals surface area contributed by atoms with E-state index in [4.69, 9.17) is 4.74 Å². The number of carbonyl (C=O) groups is 1. The first-order valence-corrected chi connectivity index (χ1v) is 10.2. The van der Waals surface area contributed by atoms with Gasteiger partial charge in [-0.05, 0) is 51.0 Å². The Balaban J connectivity index is 1.34. The van der Waals surface area contributed by atoms with Crippen molar-refractivity contribution in [2.45, 2.75) is 75.7 Å². The van der Waals surface area contributed by atoms with Gasteiger partial charge in [-0.25, -0.2) is 4.98 Å². The second-order valence-electron chi connectivity index (χ2n) is 7.05. The number of hydrogen-bond donors (Lipinski definition) is 1. The molecule has 0 bridgehead atoms. The fourth-order valence-electron chi connectivity index (χ4n) is 3.54. The summed E-state index contributed by atoms with van der Waals surface area (Å²) >= 11 is 1.84. The van der Waals surface area contributed by atoms with Crippen LogP contribution in [-0.2, 0) is 4.79 Å². The second kappa shape index (κ2) is 8.75. The highest BCUT2D eigenvalue weighted by Gasteiger charge is 2.24. The van der Waals surface area contributed by atoms with Gasteiger partial charge in [0.25, 0.3) is 0 Å². The van der Waals surface area contributed by atoms with Crippen LogP contribution in [-0.4, -0.2) is 34.0 Å². The van der Waals surface area contributed by atoms with E-state index in [1.54, 1.807) is 0 Å². The lowest BCUT2D eigenvalue weighted by atomic mass is 9.93. The molecule has 132 valence electrons. The van der Waals surface area contributed by atoms with Crippen LogP contribution in [0.25, 0.3) is 0 Å². The molecule has 0 aromatic carbocycles. The molecule has 1 heterocycles. The Bertz CT molecular complexity index is 521. The van der Waals surface area contributed by atoms with Crippen LogP contribution in [0.1, 0.15) is 56.9 Å². The lowest BCUT2D eigenvalue weighted by Crippen LogP contribution is -2.40. The highest BCUT2D eigenvalue weighted by atomic mass is 32.2. The molecule has 0 unspecified atom stereocenters. The van der Waals surface area contributed by atoms with Crippen molar-refractivity contribution in [2.75, 3.05) is 5.75 Å². The van der Waals surface area contributed by atoms with E-state index in [2.05, 4.69) is 10.3 Å². The molecule has 5 heteroatoms. The van der Waals surface area contributed by atoms with Crippen LogP contribution >= 0.6 is 11.8 Å². The number of nitrogens with one attached hydrogen (secondary N) is 1. The Morgan fingerprint density at radius 1 is 1.21 bits per heavy atom. The SMILES string of the molecule is Cc1ccc(OC2CCC(NC(=O)CSC3CCCC3)CC2)nc1. The van der Waals surface area contributed by atoms with Crippen LogP contribution in [0.4, 0.5) is 0 Å². The third kappa shape index (κ3) is 5.40. The van der Waals surface area contributed by atoms with Crippen molar-refractivity contribution in [3.8, 4) is 5.88 Å². The van der Waals surface area contributed by atoms with Crippen LogP contribution in [0, 0.1) is 6.92 Å². The van der Waals surface area contributed by atoms with Crippen molar-refractivity contribution in [3.05, 3.63) is 23.9 Å². The summed E-state index contributed by atoms with van der Waals surface area (Å²) in [6, 6.07) is 4.27. The van der Waals surface area contributed by atoms with Crippen molar-refractivity contribution < 1.29 is 9.53 Å². The molecule has 0 saturated heterocycles. The number of carbonyl (C=O) groups excluding carboxylic acids is 1. The smallest absolute Gasteiger partial charge is 0.230 e. The van der Waals surface area contributed by atoms with Gasteiger partial charge in [-0.15, -0.1) is 11.8 Å². The number of rotatable bonds is 6. The first-order valence-electron chi connectivity index (χ1n) is 9.19. The van der Waals surface area contributed by atoms with Gasteiger partial charge >= 0.3 is 0 Å². The molecule has 1 amide bonds. The third-order valence-corrected chi connectivity index (χ3v) is 6.33. The van der Waals surface area contributed by atoms with Gasteiger partial charge in [0.15, 0.2) is 0 Å². The number of aryl methyl sites for hydroxylation is 1. The summed E-state index contributed by atoms with van der Waals surface area (Å²) in [5.74, 6) is 1.53. The zero-order chi connectivity index (χ0) is 16.8. The molecule has 4 nitrogen and oxygen atoms in total. The van der Waals surface area contributed by atoms with E-state index in [1.165, 1.54) is 25.7 Å². The van der Waals surface area contributed by atoms with E-state index < -0.39 is 0 Å². The van der Waals surface area contributed by atoms with Gasteiger partial charge in [-0.1, -0.05) is 18.9 Å². The van der Waals surface area contributed by atoms with Crippen LogP contribution in [0.15, 0.2) is 18.3 Å². The van der Waals surface area contributed by atoms with Crippen molar-refractivity contribution in [2.24, 2.45) is 0 Å². The highest BCUT2D eigenvalue weighted by Crippen LogP contribution is 2.29. The van der Waals surface area contributed by atoms with E-state index in [-0.39, 0.29) is 12.0 Å². The zero-order valence-corrected chi connectivity index (χ0v) is 15.3. The van der Waals surface area contributed by atoms with Crippen molar-refractivity contribution >= 4 is 17.7 Å². The van der Waals surface area contributed by atoms with Gasteiger partial charge in [0.05, 0.1) is 5.75 Å². The number of amides is 1.